The highest BCUT2D eigenvalue weighted by atomic mass is 32.1. The first kappa shape index (κ1) is 25.9. The summed E-state index contributed by atoms with van der Waals surface area (Å²) in [5, 5.41) is 8.69. The van der Waals surface area contributed by atoms with Crippen molar-refractivity contribution < 1.29 is 28.2 Å². The van der Waals surface area contributed by atoms with Crippen LogP contribution >= 0.6 is 11.3 Å². The maximum Gasteiger partial charge on any atom is 0.304 e. The zero-order valence-corrected chi connectivity index (χ0v) is 20.8. The molecule has 1 amide bonds. The number of carboxylic acid groups (broad SMARTS) is 1. The Hall–Kier alpha value is -4.18. The van der Waals surface area contributed by atoms with Gasteiger partial charge in [-0.15, -0.1) is 0 Å². The van der Waals surface area contributed by atoms with Gasteiger partial charge >= 0.3 is 5.97 Å². The van der Waals surface area contributed by atoms with Gasteiger partial charge in [-0.05, 0) is 35.7 Å². The van der Waals surface area contributed by atoms with E-state index in [0.29, 0.717) is 28.3 Å². The smallest absolute Gasteiger partial charge is 0.304 e. The molecule has 2 aromatic heterocycles. The molecule has 1 N–H and O–H groups in total. The Bertz CT molecular complexity index is 1410. The molecule has 0 bridgehead atoms. The van der Waals surface area contributed by atoms with E-state index < -0.39 is 35.2 Å². The van der Waals surface area contributed by atoms with E-state index in [0.717, 1.165) is 10.5 Å². The summed E-state index contributed by atoms with van der Waals surface area (Å²) >= 11 is 0.626. The lowest BCUT2D eigenvalue weighted by molar-refractivity contribution is -0.140. The number of hydrogen-bond donors (Lipinski definition) is 1. The van der Waals surface area contributed by atoms with E-state index in [-0.39, 0.29) is 22.8 Å². The van der Waals surface area contributed by atoms with Crippen LogP contribution in [0.4, 0.5) is 13.9 Å². The lowest BCUT2D eigenvalue weighted by Crippen LogP contribution is -2.35. The number of carbonyl (C=O) groups is 2. The van der Waals surface area contributed by atoms with Crippen molar-refractivity contribution in [2.45, 2.75) is 12.8 Å². The third-order valence-corrected chi connectivity index (χ3v) is 6.70. The maximum atomic E-state index is 15.2. The number of amides is 1. The molecule has 0 spiro atoms. The van der Waals surface area contributed by atoms with Gasteiger partial charge in [0.05, 0.1) is 19.4 Å². The van der Waals surface area contributed by atoms with Crippen LogP contribution in [-0.4, -0.2) is 41.1 Å². The van der Waals surface area contributed by atoms with Crippen molar-refractivity contribution in [2.75, 3.05) is 19.1 Å². The molecule has 0 aliphatic heterocycles. The fraction of sp³-hybridized carbons (Fsp3) is 0.185. The summed E-state index contributed by atoms with van der Waals surface area (Å²) in [6.45, 7) is 0. The molecule has 37 heavy (non-hydrogen) atoms. The monoisotopic (exact) mass is 523 g/mol. The van der Waals surface area contributed by atoms with Crippen LogP contribution in [0.25, 0.3) is 22.4 Å². The quantitative estimate of drug-likeness (QED) is 0.313. The highest BCUT2D eigenvalue weighted by Crippen LogP contribution is 2.38. The van der Waals surface area contributed by atoms with E-state index >= 15 is 4.39 Å². The zero-order chi connectivity index (χ0) is 26.5. The minimum Gasteiger partial charge on any atom is -0.481 e. The number of thiazole rings is 1. The summed E-state index contributed by atoms with van der Waals surface area (Å²) in [7, 11) is 2.90. The highest BCUT2D eigenvalue weighted by Gasteiger charge is 2.29. The fourth-order valence-electron chi connectivity index (χ4n) is 3.95. The topological polar surface area (TPSA) is 92.6 Å². The average molecular weight is 524 g/mol. The predicted molar refractivity (Wildman–Crippen MR) is 137 cm³/mol. The molecule has 0 saturated carbocycles. The number of methoxy groups -OCH3 is 1. The van der Waals surface area contributed by atoms with Crippen LogP contribution in [0.5, 0.6) is 5.88 Å². The molecule has 0 radical (unpaired) electrons. The van der Waals surface area contributed by atoms with E-state index in [4.69, 9.17) is 4.74 Å². The normalized spacial score (nSPS) is 11.7. The van der Waals surface area contributed by atoms with Crippen molar-refractivity contribution in [1.82, 2.24) is 9.97 Å². The summed E-state index contributed by atoms with van der Waals surface area (Å²) in [6.07, 6.45) is 1.34. The van der Waals surface area contributed by atoms with Crippen LogP contribution < -0.4 is 9.64 Å². The van der Waals surface area contributed by atoms with Gasteiger partial charge in [-0.1, -0.05) is 47.7 Å². The summed E-state index contributed by atoms with van der Waals surface area (Å²) < 4.78 is 34.5. The minimum absolute atomic E-state index is 0.0315. The number of halogens is 2. The summed E-state index contributed by atoms with van der Waals surface area (Å²) in [4.78, 5) is 34.4. The molecule has 10 heteroatoms. The molecule has 7 nitrogen and oxygen atoms in total. The standard InChI is InChI=1S/C27H23F2N3O4S/c1-32(26(35)18(13-23(33)34)12-16-6-4-3-5-7-16)27-31-24(25(29)37-27)21-14-19(28)9-10-20(21)17-8-11-22(36-2)30-15-17/h3-11,14-15,18H,12-13H2,1-2H3,(H,33,34)/t18-/m1/s1. The number of carboxylic acids is 1. The van der Waals surface area contributed by atoms with Crippen LogP contribution in [-0.2, 0) is 16.0 Å². The van der Waals surface area contributed by atoms with Crippen molar-refractivity contribution in [3.8, 4) is 28.3 Å². The van der Waals surface area contributed by atoms with Crippen LogP contribution in [0.15, 0.2) is 66.9 Å². The van der Waals surface area contributed by atoms with E-state index in [9.17, 15) is 19.1 Å². The van der Waals surface area contributed by atoms with E-state index in [1.165, 1.54) is 38.6 Å². The number of ether oxygens (including phenoxy) is 1. The number of aliphatic carboxylic acids is 1. The van der Waals surface area contributed by atoms with Gasteiger partial charge in [0, 0.05) is 30.4 Å². The summed E-state index contributed by atoms with van der Waals surface area (Å²) in [6, 6.07) is 16.3. The number of pyridine rings is 1. The number of benzene rings is 2. The Labute approximate surface area is 216 Å². The molecule has 2 heterocycles. The second-order valence-electron chi connectivity index (χ2n) is 8.28. The average Bonchev–Trinajstić information content (AvgIpc) is 3.29. The number of rotatable bonds is 9. The Morgan fingerprint density at radius 3 is 2.49 bits per heavy atom. The number of hydrogen-bond acceptors (Lipinski definition) is 6. The Morgan fingerprint density at radius 1 is 1.08 bits per heavy atom. The predicted octanol–water partition coefficient (Wildman–Crippen LogP) is 5.46. The van der Waals surface area contributed by atoms with E-state index in [1.807, 2.05) is 18.2 Å². The Balaban J connectivity index is 1.67. The first-order chi connectivity index (χ1) is 17.8. The van der Waals surface area contributed by atoms with Crippen molar-refractivity contribution in [3.63, 3.8) is 0 Å². The summed E-state index contributed by atoms with van der Waals surface area (Å²) in [5.74, 6) is -2.70. The number of aromatic nitrogens is 2. The van der Waals surface area contributed by atoms with Crippen molar-refractivity contribution in [2.24, 2.45) is 5.92 Å². The third kappa shape index (κ3) is 5.97. The van der Waals surface area contributed by atoms with Crippen LogP contribution in [0.2, 0.25) is 0 Å². The maximum absolute atomic E-state index is 15.2. The van der Waals surface area contributed by atoms with Crippen molar-refractivity contribution in [1.29, 1.82) is 0 Å². The SMILES string of the molecule is COc1ccc(-c2ccc(F)cc2-c2nc(N(C)C(=O)[C@@H](CC(=O)O)Cc3ccccc3)sc2F)cn1. The largest absolute Gasteiger partial charge is 0.481 e. The number of nitrogens with zero attached hydrogens (tertiary/aromatic N) is 3. The molecule has 4 aromatic rings. The molecule has 0 aliphatic carbocycles. The van der Waals surface area contributed by atoms with Gasteiger partial charge in [0.25, 0.3) is 0 Å². The molecule has 1 atom stereocenters. The molecule has 0 aliphatic rings. The van der Waals surface area contributed by atoms with Crippen LogP contribution in [0, 0.1) is 16.9 Å². The molecule has 0 fully saturated rings. The lowest BCUT2D eigenvalue weighted by Gasteiger charge is -2.21. The summed E-state index contributed by atoms with van der Waals surface area (Å²) in [5.41, 5.74) is 1.97. The van der Waals surface area contributed by atoms with Gasteiger partial charge in [-0.2, -0.15) is 4.39 Å². The van der Waals surface area contributed by atoms with Gasteiger partial charge in [0.15, 0.2) is 5.13 Å². The molecule has 190 valence electrons. The minimum atomic E-state index is -1.12. The molecular formula is C27H23F2N3O4S. The van der Waals surface area contributed by atoms with Crippen LogP contribution in [0.1, 0.15) is 12.0 Å². The van der Waals surface area contributed by atoms with E-state index in [1.54, 1.807) is 24.3 Å². The lowest BCUT2D eigenvalue weighted by atomic mass is 9.95. The van der Waals surface area contributed by atoms with Crippen molar-refractivity contribution in [3.05, 3.63) is 83.4 Å². The number of anilines is 1. The fourth-order valence-corrected chi connectivity index (χ4v) is 4.73. The van der Waals surface area contributed by atoms with Gasteiger partial charge in [0.1, 0.15) is 11.5 Å². The van der Waals surface area contributed by atoms with Crippen LogP contribution in [0.3, 0.4) is 0 Å². The molecule has 4 rings (SSSR count). The molecule has 2 aromatic carbocycles. The van der Waals surface area contributed by atoms with Gasteiger partial charge in [-0.3, -0.25) is 14.5 Å². The zero-order valence-electron chi connectivity index (χ0n) is 20.0. The van der Waals surface area contributed by atoms with Gasteiger partial charge < -0.3 is 9.84 Å². The first-order valence-corrected chi connectivity index (χ1v) is 12.1. The Kier molecular flexibility index (Phi) is 7.88. The second kappa shape index (κ2) is 11.3. The van der Waals surface area contributed by atoms with Gasteiger partial charge in [-0.25, -0.2) is 14.4 Å². The second-order valence-corrected chi connectivity index (χ2v) is 9.21. The van der Waals surface area contributed by atoms with Gasteiger partial charge in [0.2, 0.25) is 16.9 Å². The van der Waals surface area contributed by atoms with Crippen molar-refractivity contribution >= 4 is 28.3 Å². The highest BCUT2D eigenvalue weighted by molar-refractivity contribution is 7.14. The van der Waals surface area contributed by atoms with E-state index in [2.05, 4.69) is 9.97 Å². The first-order valence-electron chi connectivity index (χ1n) is 11.3. The third-order valence-electron chi connectivity index (χ3n) is 5.78. The molecular weight excluding hydrogens is 500 g/mol. The molecule has 0 saturated heterocycles. The molecule has 0 unspecified atom stereocenters. The number of carbonyl (C=O) groups excluding carboxylic acids is 1. The Morgan fingerprint density at radius 2 is 1.84 bits per heavy atom.